The lowest BCUT2D eigenvalue weighted by Crippen LogP contribution is -2.24. The molecule has 0 aliphatic carbocycles. The Balaban J connectivity index is 2.59. The molecule has 1 aromatic rings. The molecule has 0 saturated heterocycles. The molecule has 5 nitrogen and oxygen atoms in total. The molecule has 0 heterocycles. The second-order valence-electron chi connectivity index (χ2n) is 3.96. The van der Waals surface area contributed by atoms with Crippen LogP contribution in [0.3, 0.4) is 0 Å². The summed E-state index contributed by atoms with van der Waals surface area (Å²) in [5.41, 5.74) is -0.00340. The first-order valence-electron chi connectivity index (χ1n) is 5.83. The average molecular weight is 305 g/mol. The van der Waals surface area contributed by atoms with Crippen molar-refractivity contribution in [3.8, 4) is 0 Å². The van der Waals surface area contributed by atoms with Crippen molar-refractivity contribution in [2.75, 3.05) is 12.4 Å². The first kappa shape index (κ1) is 15.7. The first-order chi connectivity index (χ1) is 9.04. The van der Waals surface area contributed by atoms with Gasteiger partial charge in [-0.05, 0) is 18.9 Å². The molecule has 19 heavy (non-hydrogen) atoms. The third kappa shape index (κ3) is 5.44. The highest BCUT2D eigenvalue weighted by Gasteiger charge is 2.13. The Kier molecular flexibility index (Phi) is 6.59. The fraction of sp³-hybridized carbons (Fsp3) is 0.417. The number of nitrogens with one attached hydrogen (secondary N) is 1. The van der Waals surface area contributed by atoms with Gasteiger partial charge in [-0.25, -0.2) is 0 Å². The molecule has 7 heteroatoms. The monoisotopic (exact) mass is 304 g/mol. The molecule has 0 radical (unpaired) electrons. The van der Waals surface area contributed by atoms with Gasteiger partial charge in [0.25, 0.3) is 11.6 Å². The molecular formula is C12H14Cl2N2O3. The van der Waals surface area contributed by atoms with E-state index in [-0.39, 0.29) is 22.2 Å². The molecule has 1 amide bonds. The molecular weight excluding hydrogens is 291 g/mol. The largest absolute Gasteiger partial charge is 0.352 e. The number of carbonyl (C=O) groups is 1. The molecule has 104 valence electrons. The zero-order valence-electron chi connectivity index (χ0n) is 10.2. The van der Waals surface area contributed by atoms with E-state index in [1.807, 2.05) is 0 Å². The first-order valence-corrected chi connectivity index (χ1v) is 6.75. The zero-order valence-corrected chi connectivity index (χ0v) is 11.7. The average Bonchev–Trinajstić information content (AvgIpc) is 2.37. The number of alkyl halides is 1. The minimum atomic E-state index is -0.580. The van der Waals surface area contributed by atoms with Crippen molar-refractivity contribution in [3.63, 3.8) is 0 Å². The van der Waals surface area contributed by atoms with Crippen molar-refractivity contribution in [1.29, 1.82) is 0 Å². The third-order valence-electron chi connectivity index (χ3n) is 2.45. The Morgan fingerprint density at radius 2 is 2.00 bits per heavy atom. The lowest BCUT2D eigenvalue weighted by Gasteiger charge is -2.05. The molecule has 0 atom stereocenters. The van der Waals surface area contributed by atoms with Crippen LogP contribution in [-0.4, -0.2) is 23.3 Å². The van der Waals surface area contributed by atoms with Gasteiger partial charge in [0.2, 0.25) is 0 Å². The maximum atomic E-state index is 11.8. The molecule has 0 bridgehead atoms. The Hall–Kier alpha value is -1.33. The predicted octanol–water partition coefficient (Wildman–Crippen LogP) is 3.39. The minimum Gasteiger partial charge on any atom is -0.352 e. The van der Waals surface area contributed by atoms with Crippen molar-refractivity contribution in [3.05, 3.63) is 38.9 Å². The molecule has 0 aliphatic heterocycles. The Labute approximate surface area is 121 Å². The molecule has 1 rings (SSSR count). The normalized spacial score (nSPS) is 10.2. The van der Waals surface area contributed by atoms with E-state index >= 15 is 0 Å². The van der Waals surface area contributed by atoms with Gasteiger partial charge in [0.05, 0.1) is 4.92 Å². The summed E-state index contributed by atoms with van der Waals surface area (Å²) >= 11 is 11.3. The molecule has 1 aromatic carbocycles. The van der Waals surface area contributed by atoms with Gasteiger partial charge in [-0.15, -0.1) is 11.6 Å². The Morgan fingerprint density at radius 1 is 1.26 bits per heavy atom. The molecule has 0 fully saturated rings. The number of halogens is 2. The maximum absolute atomic E-state index is 11.8. The van der Waals surface area contributed by atoms with E-state index in [0.29, 0.717) is 12.4 Å². The number of nitro groups is 1. The number of rotatable bonds is 7. The number of nitrogens with zero attached hydrogens (tertiary/aromatic N) is 1. The summed E-state index contributed by atoms with van der Waals surface area (Å²) in [6.07, 6.45) is 2.65. The van der Waals surface area contributed by atoms with Gasteiger partial charge in [-0.2, -0.15) is 0 Å². The van der Waals surface area contributed by atoms with Crippen LogP contribution in [-0.2, 0) is 0 Å². The van der Waals surface area contributed by atoms with Crippen molar-refractivity contribution >= 4 is 34.8 Å². The molecule has 0 spiro atoms. The summed E-state index contributed by atoms with van der Waals surface area (Å²) in [5, 5.41) is 13.5. The number of hydrogen-bond donors (Lipinski definition) is 1. The van der Waals surface area contributed by atoms with Crippen molar-refractivity contribution < 1.29 is 9.72 Å². The van der Waals surface area contributed by atoms with E-state index in [1.54, 1.807) is 0 Å². The van der Waals surface area contributed by atoms with Crippen molar-refractivity contribution in [2.45, 2.75) is 19.3 Å². The van der Waals surface area contributed by atoms with Gasteiger partial charge in [0, 0.05) is 35.1 Å². The smallest absolute Gasteiger partial charge is 0.271 e. The van der Waals surface area contributed by atoms with Crippen LogP contribution in [0, 0.1) is 10.1 Å². The number of benzene rings is 1. The van der Waals surface area contributed by atoms with Gasteiger partial charge >= 0.3 is 0 Å². The second-order valence-corrected chi connectivity index (χ2v) is 4.78. The summed E-state index contributed by atoms with van der Waals surface area (Å²) in [4.78, 5) is 21.9. The predicted molar refractivity (Wildman–Crippen MR) is 75.0 cm³/mol. The highest BCUT2D eigenvalue weighted by atomic mass is 35.5. The van der Waals surface area contributed by atoms with E-state index in [1.165, 1.54) is 18.2 Å². The van der Waals surface area contributed by atoms with Gasteiger partial charge in [-0.1, -0.05) is 18.0 Å². The fourth-order valence-electron chi connectivity index (χ4n) is 1.51. The third-order valence-corrected chi connectivity index (χ3v) is 2.94. The van der Waals surface area contributed by atoms with E-state index < -0.39 is 4.92 Å². The van der Waals surface area contributed by atoms with Crippen LogP contribution in [0.5, 0.6) is 0 Å². The quantitative estimate of drug-likeness (QED) is 0.363. The topological polar surface area (TPSA) is 72.2 Å². The van der Waals surface area contributed by atoms with Gasteiger partial charge in [0.1, 0.15) is 0 Å². The van der Waals surface area contributed by atoms with E-state index in [2.05, 4.69) is 5.32 Å². The number of amides is 1. The molecule has 1 N–H and O–H groups in total. The number of hydrogen-bond acceptors (Lipinski definition) is 3. The summed E-state index contributed by atoms with van der Waals surface area (Å²) in [7, 11) is 0. The molecule has 0 aliphatic rings. The molecule has 0 saturated carbocycles. The van der Waals surface area contributed by atoms with Gasteiger partial charge in [0.15, 0.2) is 0 Å². The fourth-order valence-corrected chi connectivity index (χ4v) is 1.93. The zero-order chi connectivity index (χ0) is 14.3. The van der Waals surface area contributed by atoms with Crippen LogP contribution in [0.2, 0.25) is 5.02 Å². The second kappa shape index (κ2) is 7.96. The Bertz CT molecular complexity index is 466. The van der Waals surface area contributed by atoms with Gasteiger partial charge < -0.3 is 5.32 Å². The summed E-state index contributed by atoms with van der Waals surface area (Å²) < 4.78 is 0. The van der Waals surface area contributed by atoms with Crippen LogP contribution in [0.15, 0.2) is 18.2 Å². The van der Waals surface area contributed by atoms with Crippen LogP contribution in [0.4, 0.5) is 5.69 Å². The van der Waals surface area contributed by atoms with Crippen molar-refractivity contribution in [2.24, 2.45) is 0 Å². The van der Waals surface area contributed by atoms with E-state index in [4.69, 9.17) is 23.2 Å². The summed E-state index contributed by atoms with van der Waals surface area (Å²) in [5.74, 6) is 0.241. The SMILES string of the molecule is O=C(NCCCCCCl)c1cc(Cl)cc([N+](=O)[O-])c1. The summed E-state index contributed by atoms with van der Waals surface area (Å²) in [6, 6.07) is 3.82. The molecule has 0 unspecified atom stereocenters. The molecule has 0 aromatic heterocycles. The highest BCUT2D eigenvalue weighted by Crippen LogP contribution is 2.20. The lowest BCUT2D eigenvalue weighted by molar-refractivity contribution is -0.384. The standard InChI is InChI=1S/C12H14Cl2N2O3/c13-4-2-1-3-5-15-12(17)9-6-10(14)8-11(7-9)16(18)19/h6-8H,1-5H2,(H,15,17). The number of nitro benzene ring substituents is 1. The van der Waals surface area contributed by atoms with E-state index in [9.17, 15) is 14.9 Å². The van der Waals surface area contributed by atoms with Crippen LogP contribution >= 0.6 is 23.2 Å². The van der Waals surface area contributed by atoms with E-state index in [0.717, 1.165) is 19.3 Å². The maximum Gasteiger partial charge on any atom is 0.271 e. The number of unbranched alkanes of at least 4 members (excludes halogenated alkanes) is 2. The Morgan fingerprint density at radius 3 is 2.63 bits per heavy atom. The minimum absolute atomic E-state index is 0.168. The highest BCUT2D eigenvalue weighted by molar-refractivity contribution is 6.31. The van der Waals surface area contributed by atoms with Gasteiger partial charge in [-0.3, -0.25) is 14.9 Å². The van der Waals surface area contributed by atoms with Crippen LogP contribution in [0.1, 0.15) is 29.6 Å². The van der Waals surface area contributed by atoms with Crippen molar-refractivity contribution in [1.82, 2.24) is 5.32 Å². The lowest BCUT2D eigenvalue weighted by atomic mass is 10.2. The summed E-state index contributed by atoms with van der Waals surface area (Å²) in [6.45, 7) is 0.510. The van der Waals surface area contributed by atoms with Crippen LogP contribution < -0.4 is 5.32 Å². The van der Waals surface area contributed by atoms with Crippen LogP contribution in [0.25, 0.3) is 0 Å². The number of non-ortho nitro benzene ring substituents is 1. The number of carbonyl (C=O) groups excluding carboxylic acids is 1.